The smallest absolute Gasteiger partial charge is 0.433 e. The Labute approximate surface area is 168 Å². The third kappa shape index (κ3) is 5.54. The minimum Gasteiger partial charge on any atom is -0.462 e. The van der Waals surface area contributed by atoms with Crippen molar-refractivity contribution < 1.29 is 27.5 Å². The molecular weight excluding hydrogens is 441 g/mol. The van der Waals surface area contributed by atoms with Gasteiger partial charge in [0, 0.05) is 16.1 Å². The number of alkyl halides is 3. The van der Waals surface area contributed by atoms with E-state index in [1.807, 2.05) is 0 Å². The van der Waals surface area contributed by atoms with Crippen molar-refractivity contribution in [3.05, 3.63) is 58.2 Å². The second-order valence-electron chi connectivity index (χ2n) is 6.54. The Morgan fingerprint density at radius 1 is 1.14 bits per heavy atom. The highest BCUT2D eigenvalue weighted by Gasteiger charge is 2.35. The quantitative estimate of drug-likeness (QED) is 0.651. The van der Waals surface area contributed by atoms with E-state index in [2.05, 4.69) is 26.2 Å². The summed E-state index contributed by atoms with van der Waals surface area (Å²) in [6.07, 6.45) is -4.63. The number of benzene rings is 1. The van der Waals surface area contributed by atoms with E-state index in [-0.39, 0.29) is 11.7 Å². The van der Waals surface area contributed by atoms with Gasteiger partial charge in [0.05, 0.1) is 6.04 Å². The summed E-state index contributed by atoms with van der Waals surface area (Å²) in [5.41, 5.74) is -2.27. The number of carbonyl (C=O) groups excluding carboxylic acids is 2. The highest BCUT2D eigenvalue weighted by Crippen LogP contribution is 2.29. The van der Waals surface area contributed by atoms with Gasteiger partial charge in [-0.25, -0.2) is 4.98 Å². The first-order chi connectivity index (χ1) is 12.9. The molecule has 150 valence electrons. The number of aromatic nitrogens is 1. The van der Waals surface area contributed by atoms with Crippen LogP contribution < -0.4 is 10.1 Å². The molecule has 1 heterocycles. The van der Waals surface area contributed by atoms with Gasteiger partial charge in [0.25, 0.3) is 5.91 Å². The van der Waals surface area contributed by atoms with Crippen LogP contribution in [0.2, 0.25) is 0 Å². The number of hydrogen-bond acceptors (Lipinski definition) is 4. The molecular formula is C19H18BrF3N2O3. The van der Waals surface area contributed by atoms with Crippen LogP contribution in [-0.4, -0.2) is 28.3 Å². The summed E-state index contributed by atoms with van der Waals surface area (Å²) in [5, 5.41) is 2.52. The Morgan fingerprint density at radius 2 is 1.79 bits per heavy atom. The normalized spacial score (nSPS) is 13.0. The lowest BCUT2D eigenvalue weighted by Gasteiger charge is -2.26. The molecule has 0 aliphatic carbocycles. The van der Waals surface area contributed by atoms with E-state index < -0.39 is 29.4 Å². The van der Waals surface area contributed by atoms with Gasteiger partial charge in [-0.1, -0.05) is 34.1 Å². The van der Waals surface area contributed by atoms with Crippen molar-refractivity contribution in [2.24, 2.45) is 0 Å². The summed E-state index contributed by atoms with van der Waals surface area (Å²) in [4.78, 5) is 28.4. The standard InChI is InChI=1S/C19H18BrF3N2O3/c1-11(16(26)12-6-4-7-13(20)10-12)24-17(27)18(2,3)28-15-9-5-8-14(25-15)19(21,22)23/h4-11H,1-3H3,(H,24,27). The topological polar surface area (TPSA) is 68.3 Å². The minimum atomic E-state index is -4.63. The van der Waals surface area contributed by atoms with E-state index in [1.165, 1.54) is 26.8 Å². The minimum absolute atomic E-state index is 0.317. The average molecular weight is 459 g/mol. The number of nitrogens with zero attached hydrogens (tertiary/aromatic N) is 1. The van der Waals surface area contributed by atoms with Crippen LogP contribution >= 0.6 is 15.9 Å². The lowest BCUT2D eigenvalue weighted by molar-refractivity contribution is -0.141. The van der Waals surface area contributed by atoms with Crippen molar-refractivity contribution in [2.75, 3.05) is 0 Å². The van der Waals surface area contributed by atoms with Crippen LogP contribution in [0.3, 0.4) is 0 Å². The summed E-state index contributed by atoms with van der Waals surface area (Å²) in [6, 6.07) is 9.00. The zero-order chi connectivity index (χ0) is 21.1. The number of halogens is 4. The molecule has 0 aliphatic rings. The molecule has 0 spiro atoms. The Hall–Kier alpha value is -2.42. The summed E-state index contributed by atoms with van der Waals surface area (Å²) in [5.74, 6) is -1.33. The second kappa shape index (κ2) is 8.30. The van der Waals surface area contributed by atoms with E-state index in [1.54, 1.807) is 24.3 Å². The third-order valence-electron chi connectivity index (χ3n) is 3.77. The maximum atomic E-state index is 12.8. The Balaban J connectivity index is 2.09. The van der Waals surface area contributed by atoms with E-state index in [0.29, 0.717) is 5.56 Å². The Morgan fingerprint density at radius 3 is 2.39 bits per heavy atom. The van der Waals surface area contributed by atoms with Crippen LogP contribution in [0.1, 0.15) is 36.8 Å². The second-order valence-corrected chi connectivity index (χ2v) is 7.46. The van der Waals surface area contributed by atoms with Gasteiger partial charge >= 0.3 is 6.18 Å². The lowest BCUT2D eigenvalue weighted by atomic mass is 10.0. The molecule has 0 aliphatic heterocycles. The highest BCUT2D eigenvalue weighted by molar-refractivity contribution is 9.10. The molecule has 2 rings (SSSR count). The number of ketones is 1. The molecule has 1 amide bonds. The fourth-order valence-electron chi connectivity index (χ4n) is 2.27. The van der Waals surface area contributed by atoms with Crippen LogP contribution in [0.25, 0.3) is 0 Å². The van der Waals surface area contributed by atoms with Crippen molar-refractivity contribution in [3.63, 3.8) is 0 Å². The van der Waals surface area contributed by atoms with Crippen LogP contribution in [0.4, 0.5) is 13.2 Å². The molecule has 2 aromatic rings. The van der Waals surface area contributed by atoms with Crippen LogP contribution in [-0.2, 0) is 11.0 Å². The molecule has 0 saturated heterocycles. The first kappa shape index (κ1) is 21.9. The fraction of sp³-hybridized carbons (Fsp3) is 0.316. The third-order valence-corrected chi connectivity index (χ3v) is 4.26. The van der Waals surface area contributed by atoms with Gasteiger partial charge in [0.1, 0.15) is 5.69 Å². The van der Waals surface area contributed by atoms with Crippen molar-refractivity contribution in [1.82, 2.24) is 10.3 Å². The number of pyridine rings is 1. The number of hydrogen-bond donors (Lipinski definition) is 1. The first-order valence-electron chi connectivity index (χ1n) is 8.24. The number of carbonyl (C=O) groups is 2. The predicted molar refractivity (Wildman–Crippen MR) is 100 cm³/mol. The van der Waals surface area contributed by atoms with E-state index in [0.717, 1.165) is 16.6 Å². The van der Waals surface area contributed by atoms with Crippen molar-refractivity contribution >= 4 is 27.6 Å². The van der Waals surface area contributed by atoms with Crippen molar-refractivity contribution in [1.29, 1.82) is 0 Å². The Kier molecular flexibility index (Phi) is 6.48. The van der Waals surface area contributed by atoms with Crippen molar-refractivity contribution in [3.8, 4) is 5.88 Å². The molecule has 28 heavy (non-hydrogen) atoms. The maximum Gasteiger partial charge on any atom is 0.433 e. The van der Waals surface area contributed by atoms with Crippen LogP contribution in [0, 0.1) is 0 Å². The van der Waals surface area contributed by atoms with Gasteiger partial charge in [0.2, 0.25) is 5.88 Å². The average Bonchev–Trinajstić information content (AvgIpc) is 2.60. The van der Waals surface area contributed by atoms with Crippen LogP contribution in [0.15, 0.2) is 46.9 Å². The number of rotatable bonds is 6. The van der Waals surface area contributed by atoms with E-state index in [9.17, 15) is 22.8 Å². The van der Waals surface area contributed by atoms with Gasteiger partial charge in [0.15, 0.2) is 11.4 Å². The number of Topliss-reactive ketones (excluding diaryl/α,β-unsaturated/α-hetero) is 1. The van der Waals surface area contributed by atoms with E-state index in [4.69, 9.17) is 4.74 Å². The molecule has 1 atom stereocenters. The number of nitrogens with one attached hydrogen (secondary N) is 1. The molecule has 1 aromatic heterocycles. The van der Waals surface area contributed by atoms with E-state index >= 15 is 0 Å². The molecule has 1 aromatic carbocycles. The molecule has 0 fully saturated rings. The molecule has 0 radical (unpaired) electrons. The Bertz CT molecular complexity index is 885. The monoisotopic (exact) mass is 458 g/mol. The molecule has 1 unspecified atom stereocenters. The predicted octanol–water partition coefficient (Wildman–Crippen LogP) is 4.41. The largest absolute Gasteiger partial charge is 0.462 e. The highest BCUT2D eigenvalue weighted by atomic mass is 79.9. The summed E-state index contributed by atoms with van der Waals surface area (Å²) in [7, 11) is 0. The number of amides is 1. The molecule has 0 bridgehead atoms. The lowest BCUT2D eigenvalue weighted by Crippen LogP contribution is -2.51. The zero-order valence-corrected chi connectivity index (χ0v) is 16.9. The zero-order valence-electron chi connectivity index (χ0n) is 15.3. The molecule has 1 N–H and O–H groups in total. The SMILES string of the molecule is CC(NC(=O)C(C)(C)Oc1cccc(C(F)(F)F)n1)C(=O)c1cccc(Br)c1. The van der Waals surface area contributed by atoms with Gasteiger partial charge in [-0.15, -0.1) is 0 Å². The molecule has 9 heteroatoms. The fourth-order valence-corrected chi connectivity index (χ4v) is 2.66. The molecule has 0 saturated carbocycles. The van der Waals surface area contributed by atoms with Gasteiger partial charge in [-0.3, -0.25) is 9.59 Å². The van der Waals surface area contributed by atoms with Gasteiger partial charge < -0.3 is 10.1 Å². The van der Waals surface area contributed by atoms with Crippen LogP contribution in [0.5, 0.6) is 5.88 Å². The summed E-state index contributed by atoms with van der Waals surface area (Å²) >= 11 is 3.27. The van der Waals surface area contributed by atoms with Gasteiger partial charge in [-0.2, -0.15) is 13.2 Å². The van der Waals surface area contributed by atoms with Gasteiger partial charge in [-0.05, 0) is 39.0 Å². The van der Waals surface area contributed by atoms with Crippen molar-refractivity contribution in [2.45, 2.75) is 38.6 Å². The maximum absolute atomic E-state index is 12.8. The first-order valence-corrected chi connectivity index (χ1v) is 9.03. The summed E-state index contributed by atoms with van der Waals surface area (Å²) in [6.45, 7) is 4.26. The summed E-state index contributed by atoms with van der Waals surface area (Å²) < 4.78 is 44.4. The molecule has 5 nitrogen and oxygen atoms in total. The number of ether oxygens (including phenoxy) is 1.